The Hall–Kier alpha value is -2.25. The minimum atomic E-state index is -0.556. The van der Waals surface area contributed by atoms with E-state index < -0.39 is 10.0 Å². The lowest BCUT2D eigenvalue weighted by atomic mass is 10.2. The van der Waals surface area contributed by atoms with Crippen LogP contribution in [0.2, 0.25) is 0 Å². The average Bonchev–Trinajstić information content (AvgIpc) is 3.05. The van der Waals surface area contributed by atoms with Gasteiger partial charge in [0.2, 0.25) is 0 Å². The Kier molecular flexibility index (Phi) is 5.92. The summed E-state index contributed by atoms with van der Waals surface area (Å²) >= 11 is 0. The predicted octanol–water partition coefficient (Wildman–Crippen LogP) is 4.56. The summed E-state index contributed by atoms with van der Waals surface area (Å²) < 4.78 is 21.9. The summed E-state index contributed by atoms with van der Waals surface area (Å²) in [7, 11) is -0.556. The van der Waals surface area contributed by atoms with Crippen molar-refractivity contribution >= 4 is 38.1 Å². The Morgan fingerprint density at radius 2 is 2.04 bits per heavy atom. The van der Waals surface area contributed by atoms with E-state index in [4.69, 9.17) is 10.5 Å². The standard InChI is InChI=1S/C20H27FN4OS/c1-4-27(2,3)12-11-26-14-25-10-8-16-18(7-9-23-20(16)25)24-19-6-5-15(22)13-17(19)21/h5-10,13H,4,11-12,14,22H2,1-3H3,(H,23,24). The van der Waals surface area contributed by atoms with Gasteiger partial charge in [0.05, 0.1) is 18.0 Å². The molecule has 7 heteroatoms. The van der Waals surface area contributed by atoms with Crippen LogP contribution in [0.4, 0.5) is 21.5 Å². The zero-order valence-corrected chi connectivity index (χ0v) is 16.9. The van der Waals surface area contributed by atoms with Crippen LogP contribution in [0.3, 0.4) is 0 Å². The van der Waals surface area contributed by atoms with Gasteiger partial charge in [0.1, 0.15) is 18.2 Å². The van der Waals surface area contributed by atoms with Gasteiger partial charge in [0, 0.05) is 29.2 Å². The van der Waals surface area contributed by atoms with Gasteiger partial charge < -0.3 is 20.4 Å². The number of nitrogens with two attached hydrogens (primary N) is 1. The first-order valence-electron chi connectivity index (χ1n) is 8.92. The van der Waals surface area contributed by atoms with E-state index in [9.17, 15) is 4.39 Å². The topological polar surface area (TPSA) is 65.1 Å². The van der Waals surface area contributed by atoms with E-state index in [0.29, 0.717) is 18.1 Å². The molecule has 0 fully saturated rings. The molecule has 0 spiro atoms. The van der Waals surface area contributed by atoms with Crippen LogP contribution in [0.5, 0.6) is 0 Å². The number of halogens is 1. The summed E-state index contributed by atoms with van der Waals surface area (Å²) in [5.41, 5.74) is 7.99. The van der Waals surface area contributed by atoms with E-state index in [1.807, 2.05) is 22.9 Å². The van der Waals surface area contributed by atoms with Crippen molar-refractivity contribution in [2.45, 2.75) is 13.7 Å². The molecule has 0 aliphatic carbocycles. The Morgan fingerprint density at radius 1 is 1.22 bits per heavy atom. The van der Waals surface area contributed by atoms with Crippen LogP contribution in [0.1, 0.15) is 6.92 Å². The van der Waals surface area contributed by atoms with Gasteiger partial charge in [-0.05, 0) is 48.6 Å². The fourth-order valence-corrected chi connectivity index (χ4v) is 3.53. The van der Waals surface area contributed by atoms with Crippen LogP contribution in [0.15, 0.2) is 42.7 Å². The third-order valence-corrected chi connectivity index (χ3v) is 7.55. The minimum absolute atomic E-state index is 0.380. The highest BCUT2D eigenvalue weighted by atomic mass is 32.3. The van der Waals surface area contributed by atoms with Gasteiger partial charge in [0.25, 0.3) is 0 Å². The summed E-state index contributed by atoms with van der Waals surface area (Å²) in [5.74, 6) is 1.92. The van der Waals surface area contributed by atoms with Crippen molar-refractivity contribution in [2.24, 2.45) is 0 Å². The van der Waals surface area contributed by atoms with Crippen molar-refractivity contribution in [2.75, 3.05) is 41.7 Å². The first-order chi connectivity index (χ1) is 12.9. The van der Waals surface area contributed by atoms with E-state index in [1.54, 1.807) is 18.3 Å². The molecule has 5 nitrogen and oxygen atoms in total. The number of pyridine rings is 1. The molecule has 0 radical (unpaired) electrons. The lowest BCUT2D eigenvalue weighted by molar-refractivity contribution is 0.0923. The fraction of sp³-hybridized carbons (Fsp3) is 0.350. The molecule has 0 bridgehead atoms. The number of nitrogens with one attached hydrogen (secondary N) is 1. The fourth-order valence-electron chi connectivity index (χ4n) is 2.67. The molecule has 0 atom stereocenters. The zero-order chi connectivity index (χ0) is 19.4. The SMILES string of the molecule is CCS(C)(C)CCOCn1ccc2c(Nc3ccc(N)cc3F)ccnc21. The maximum absolute atomic E-state index is 14.1. The molecule has 2 aromatic heterocycles. The number of benzene rings is 1. The third-order valence-electron chi connectivity index (χ3n) is 4.72. The number of hydrogen-bond donors (Lipinski definition) is 2. The number of aromatic nitrogens is 2. The van der Waals surface area contributed by atoms with E-state index in [1.165, 1.54) is 11.8 Å². The number of anilines is 3. The molecule has 0 aliphatic heterocycles. The number of nitrogen functional groups attached to an aromatic ring is 1. The molecule has 3 aromatic rings. The van der Waals surface area contributed by atoms with Gasteiger partial charge in [0.15, 0.2) is 0 Å². The Morgan fingerprint density at radius 3 is 2.78 bits per heavy atom. The highest BCUT2D eigenvalue weighted by molar-refractivity contribution is 8.32. The second-order valence-electron chi connectivity index (χ2n) is 7.04. The van der Waals surface area contributed by atoms with E-state index >= 15 is 0 Å². The van der Waals surface area contributed by atoms with Crippen LogP contribution in [-0.4, -0.2) is 40.2 Å². The zero-order valence-electron chi connectivity index (χ0n) is 16.0. The molecule has 1 aromatic carbocycles. The molecule has 0 saturated heterocycles. The van der Waals surface area contributed by atoms with Crippen molar-refractivity contribution in [3.05, 3.63) is 48.5 Å². The number of nitrogens with zero attached hydrogens (tertiary/aromatic N) is 2. The molecule has 146 valence electrons. The van der Waals surface area contributed by atoms with Gasteiger partial charge in [-0.1, -0.05) is 6.92 Å². The van der Waals surface area contributed by atoms with Crippen molar-refractivity contribution in [1.82, 2.24) is 9.55 Å². The van der Waals surface area contributed by atoms with Gasteiger partial charge in [-0.15, -0.1) is 0 Å². The number of hydrogen-bond acceptors (Lipinski definition) is 4. The first-order valence-corrected chi connectivity index (χ1v) is 11.7. The van der Waals surface area contributed by atoms with Crippen molar-refractivity contribution < 1.29 is 9.13 Å². The number of rotatable bonds is 8. The van der Waals surface area contributed by atoms with Crippen molar-refractivity contribution in [3.8, 4) is 0 Å². The van der Waals surface area contributed by atoms with Crippen molar-refractivity contribution in [3.63, 3.8) is 0 Å². The Labute approximate surface area is 161 Å². The Balaban J connectivity index is 1.72. The molecule has 27 heavy (non-hydrogen) atoms. The second-order valence-corrected chi connectivity index (χ2v) is 11.6. The molecule has 3 N–H and O–H groups in total. The van der Waals surface area contributed by atoms with Gasteiger partial charge in [-0.25, -0.2) is 19.4 Å². The molecule has 0 saturated carbocycles. The van der Waals surface area contributed by atoms with Gasteiger partial charge >= 0.3 is 0 Å². The summed E-state index contributed by atoms with van der Waals surface area (Å²) in [6, 6.07) is 8.40. The molecular formula is C20H27FN4OS. The summed E-state index contributed by atoms with van der Waals surface area (Å²) in [4.78, 5) is 4.46. The van der Waals surface area contributed by atoms with Crippen LogP contribution >= 0.6 is 10.0 Å². The van der Waals surface area contributed by atoms with E-state index in [0.717, 1.165) is 29.1 Å². The van der Waals surface area contributed by atoms with Gasteiger partial charge in [-0.3, -0.25) is 0 Å². The highest BCUT2D eigenvalue weighted by Crippen LogP contribution is 2.38. The van der Waals surface area contributed by atoms with Crippen LogP contribution in [0.25, 0.3) is 11.0 Å². The molecule has 2 heterocycles. The van der Waals surface area contributed by atoms with Crippen LogP contribution in [-0.2, 0) is 11.5 Å². The average molecular weight is 391 g/mol. The maximum atomic E-state index is 14.1. The quantitative estimate of drug-likeness (QED) is 0.437. The lowest BCUT2D eigenvalue weighted by Crippen LogP contribution is -2.12. The van der Waals surface area contributed by atoms with Crippen molar-refractivity contribution in [1.29, 1.82) is 0 Å². The second kappa shape index (κ2) is 8.19. The minimum Gasteiger partial charge on any atom is -0.399 e. The Bertz CT molecular complexity index is 925. The summed E-state index contributed by atoms with van der Waals surface area (Å²) in [5, 5.41) is 4.04. The summed E-state index contributed by atoms with van der Waals surface area (Å²) in [6.45, 7) is 3.43. The van der Waals surface area contributed by atoms with Crippen LogP contribution < -0.4 is 11.1 Å². The predicted molar refractivity (Wildman–Crippen MR) is 115 cm³/mol. The largest absolute Gasteiger partial charge is 0.399 e. The monoisotopic (exact) mass is 390 g/mol. The number of fused-ring (bicyclic) bond motifs is 1. The first kappa shape index (κ1) is 19.5. The maximum Gasteiger partial charge on any atom is 0.148 e. The van der Waals surface area contributed by atoms with Crippen LogP contribution in [0, 0.1) is 5.82 Å². The van der Waals surface area contributed by atoms with E-state index in [2.05, 4.69) is 29.7 Å². The normalized spacial score (nSPS) is 12.4. The molecule has 0 amide bonds. The smallest absolute Gasteiger partial charge is 0.148 e. The molecular weight excluding hydrogens is 363 g/mol. The highest BCUT2D eigenvalue weighted by Gasteiger charge is 2.11. The molecule has 0 unspecified atom stereocenters. The molecule has 0 aliphatic rings. The molecule has 3 rings (SSSR count). The third kappa shape index (κ3) is 4.73. The number of ether oxygens (including phenoxy) is 1. The lowest BCUT2D eigenvalue weighted by Gasteiger charge is -2.29. The summed E-state index contributed by atoms with van der Waals surface area (Å²) in [6.07, 6.45) is 8.31. The van der Waals surface area contributed by atoms with E-state index in [-0.39, 0.29) is 5.82 Å². The van der Waals surface area contributed by atoms with Gasteiger partial charge in [-0.2, -0.15) is 0 Å².